The van der Waals surface area contributed by atoms with Gasteiger partial charge in [-0.1, -0.05) is 6.07 Å². The number of aryl methyl sites for hydroxylation is 1. The summed E-state index contributed by atoms with van der Waals surface area (Å²) in [7, 11) is 0. The molecule has 2 N–H and O–H groups in total. The lowest BCUT2D eigenvalue weighted by Crippen LogP contribution is -2.00. The minimum Gasteiger partial charge on any atom is -0.300 e. The maximum Gasteiger partial charge on any atom is 0.0932 e. The molecule has 0 fully saturated rings. The van der Waals surface area contributed by atoms with Crippen molar-refractivity contribution in [2.45, 2.75) is 13.5 Å². The molecular weight excluding hydrogens is 253 g/mol. The Hall–Kier alpha value is -0.130. The lowest BCUT2D eigenvalue weighted by molar-refractivity contribution is 0.123. The molecule has 0 aliphatic rings. The molecule has 0 aliphatic carbocycles. The number of hydrogen-bond donors (Lipinski definition) is 1. The van der Waals surface area contributed by atoms with Crippen LogP contribution in [-0.4, -0.2) is 0 Å². The Labute approximate surface area is 79.8 Å². The van der Waals surface area contributed by atoms with Crippen molar-refractivity contribution >= 4 is 22.6 Å². The number of rotatable bonds is 2. The summed E-state index contributed by atoms with van der Waals surface area (Å²) in [5, 5.41) is 0. The standard InChI is InChI=1S/C8H10INO/c1-6-2-3-8(9)4-7(6)5-11-10/h2-4H,5,10H2,1H3. The zero-order chi connectivity index (χ0) is 8.27. The van der Waals surface area contributed by atoms with Crippen LogP contribution in [0.1, 0.15) is 11.1 Å². The fourth-order valence-corrected chi connectivity index (χ4v) is 1.44. The molecule has 0 heterocycles. The normalized spacial score (nSPS) is 10.1. The lowest BCUT2D eigenvalue weighted by atomic mass is 10.1. The van der Waals surface area contributed by atoms with E-state index >= 15 is 0 Å². The monoisotopic (exact) mass is 263 g/mol. The molecule has 0 amide bonds. The van der Waals surface area contributed by atoms with E-state index in [1.165, 1.54) is 9.13 Å². The SMILES string of the molecule is Cc1ccc(I)cc1CON. The molecule has 11 heavy (non-hydrogen) atoms. The van der Waals surface area contributed by atoms with Crippen LogP contribution in [0.5, 0.6) is 0 Å². The van der Waals surface area contributed by atoms with Gasteiger partial charge in [0.05, 0.1) is 6.61 Å². The molecule has 0 aromatic heterocycles. The largest absolute Gasteiger partial charge is 0.300 e. The van der Waals surface area contributed by atoms with Crippen molar-refractivity contribution in [3.8, 4) is 0 Å². The average molecular weight is 263 g/mol. The summed E-state index contributed by atoms with van der Waals surface area (Å²) in [6.45, 7) is 2.53. The Morgan fingerprint density at radius 2 is 2.27 bits per heavy atom. The Bertz CT molecular complexity index is 250. The van der Waals surface area contributed by atoms with Gasteiger partial charge in [-0.3, -0.25) is 4.84 Å². The zero-order valence-electron chi connectivity index (χ0n) is 6.30. The van der Waals surface area contributed by atoms with Gasteiger partial charge in [0, 0.05) is 3.57 Å². The molecule has 3 heteroatoms. The molecule has 1 aromatic carbocycles. The maximum absolute atomic E-state index is 4.98. The van der Waals surface area contributed by atoms with E-state index in [0.29, 0.717) is 6.61 Å². The molecule has 0 atom stereocenters. The van der Waals surface area contributed by atoms with E-state index in [4.69, 9.17) is 5.90 Å². The van der Waals surface area contributed by atoms with Crippen molar-refractivity contribution in [2.75, 3.05) is 0 Å². The lowest BCUT2D eigenvalue weighted by Gasteiger charge is -2.03. The first-order valence-electron chi connectivity index (χ1n) is 3.30. The van der Waals surface area contributed by atoms with Gasteiger partial charge in [0.1, 0.15) is 0 Å². The molecule has 1 aromatic rings. The van der Waals surface area contributed by atoms with Gasteiger partial charge in [-0.15, -0.1) is 0 Å². The van der Waals surface area contributed by atoms with Crippen molar-refractivity contribution < 1.29 is 4.84 Å². The van der Waals surface area contributed by atoms with Gasteiger partial charge in [0.15, 0.2) is 0 Å². The number of halogens is 1. The molecule has 0 unspecified atom stereocenters. The van der Waals surface area contributed by atoms with Crippen molar-refractivity contribution in [2.24, 2.45) is 5.90 Å². The van der Waals surface area contributed by atoms with Crippen LogP contribution in [0.15, 0.2) is 18.2 Å². The van der Waals surface area contributed by atoms with Crippen LogP contribution in [0.2, 0.25) is 0 Å². The predicted octanol–water partition coefficient (Wildman–Crippen LogP) is 1.99. The van der Waals surface area contributed by atoms with Crippen molar-refractivity contribution in [3.05, 3.63) is 32.9 Å². The molecule has 0 spiro atoms. The first-order valence-corrected chi connectivity index (χ1v) is 4.38. The van der Waals surface area contributed by atoms with E-state index in [-0.39, 0.29) is 0 Å². The Morgan fingerprint density at radius 1 is 1.55 bits per heavy atom. The predicted molar refractivity (Wildman–Crippen MR) is 52.9 cm³/mol. The molecule has 1 rings (SSSR count). The fraction of sp³-hybridized carbons (Fsp3) is 0.250. The van der Waals surface area contributed by atoms with E-state index in [0.717, 1.165) is 5.56 Å². The smallest absolute Gasteiger partial charge is 0.0932 e. The number of nitrogens with two attached hydrogens (primary N) is 1. The van der Waals surface area contributed by atoms with Crippen molar-refractivity contribution in [1.29, 1.82) is 0 Å². The van der Waals surface area contributed by atoms with Gasteiger partial charge in [0.25, 0.3) is 0 Å². The van der Waals surface area contributed by atoms with Crippen molar-refractivity contribution in [1.82, 2.24) is 0 Å². The second-order valence-electron chi connectivity index (χ2n) is 2.38. The minimum atomic E-state index is 0.489. The molecule has 0 saturated carbocycles. The molecule has 0 bridgehead atoms. The molecule has 2 nitrogen and oxygen atoms in total. The van der Waals surface area contributed by atoms with Crippen LogP contribution in [0.4, 0.5) is 0 Å². The molecule has 0 saturated heterocycles. The molecule has 60 valence electrons. The van der Waals surface area contributed by atoms with Crippen LogP contribution in [0.3, 0.4) is 0 Å². The number of benzene rings is 1. The van der Waals surface area contributed by atoms with E-state index in [9.17, 15) is 0 Å². The quantitative estimate of drug-likeness (QED) is 0.654. The van der Waals surface area contributed by atoms with Crippen molar-refractivity contribution in [3.63, 3.8) is 0 Å². The van der Waals surface area contributed by atoms with Crippen LogP contribution in [0.25, 0.3) is 0 Å². The van der Waals surface area contributed by atoms with Gasteiger partial charge in [0.2, 0.25) is 0 Å². The van der Waals surface area contributed by atoms with Gasteiger partial charge >= 0.3 is 0 Å². The van der Waals surface area contributed by atoms with E-state index < -0.39 is 0 Å². The highest BCUT2D eigenvalue weighted by atomic mass is 127. The van der Waals surface area contributed by atoms with Crippen LogP contribution in [-0.2, 0) is 11.4 Å². The molecular formula is C8H10INO. The van der Waals surface area contributed by atoms with E-state index in [1.807, 2.05) is 6.92 Å². The van der Waals surface area contributed by atoms with Gasteiger partial charge in [-0.25, -0.2) is 5.90 Å². The highest BCUT2D eigenvalue weighted by Crippen LogP contribution is 2.13. The number of hydrogen-bond acceptors (Lipinski definition) is 2. The average Bonchev–Trinajstić information content (AvgIpc) is 1.98. The summed E-state index contributed by atoms with van der Waals surface area (Å²) in [6.07, 6.45) is 0. The Morgan fingerprint density at radius 3 is 2.91 bits per heavy atom. The highest BCUT2D eigenvalue weighted by Gasteiger charge is 1.97. The van der Waals surface area contributed by atoms with Gasteiger partial charge in [-0.05, 0) is 52.8 Å². The van der Waals surface area contributed by atoms with E-state index in [2.05, 4.69) is 45.6 Å². The Balaban J connectivity index is 2.93. The van der Waals surface area contributed by atoms with Gasteiger partial charge < -0.3 is 0 Å². The second kappa shape index (κ2) is 4.04. The fourth-order valence-electron chi connectivity index (χ4n) is 0.885. The summed E-state index contributed by atoms with van der Waals surface area (Å²) >= 11 is 2.27. The third kappa shape index (κ3) is 2.43. The van der Waals surface area contributed by atoms with Crippen LogP contribution >= 0.6 is 22.6 Å². The third-order valence-electron chi connectivity index (χ3n) is 1.55. The topological polar surface area (TPSA) is 35.2 Å². The first-order chi connectivity index (χ1) is 5.24. The second-order valence-corrected chi connectivity index (χ2v) is 3.63. The van der Waals surface area contributed by atoms with E-state index in [1.54, 1.807) is 0 Å². The summed E-state index contributed by atoms with van der Waals surface area (Å²) in [4.78, 5) is 4.56. The minimum absolute atomic E-state index is 0.489. The molecule has 0 aliphatic heterocycles. The van der Waals surface area contributed by atoms with Crippen LogP contribution in [0, 0.1) is 10.5 Å². The Kier molecular flexibility index (Phi) is 3.29. The third-order valence-corrected chi connectivity index (χ3v) is 2.22. The maximum atomic E-state index is 4.98. The highest BCUT2D eigenvalue weighted by molar-refractivity contribution is 14.1. The summed E-state index contributed by atoms with van der Waals surface area (Å²) in [5.74, 6) is 4.98. The summed E-state index contributed by atoms with van der Waals surface area (Å²) in [6, 6.07) is 6.20. The van der Waals surface area contributed by atoms with Gasteiger partial charge in [-0.2, -0.15) is 0 Å². The molecule has 0 radical (unpaired) electrons. The summed E-state index contributed by atoms with van der Waals surface area (Å²) in [5.41, 5.74) is 2.37. The van der Waals surface area contributed by atoms with Crippen LogP contribution < -0.4 is 5.90 Å². The summed E-state index contributed by atoms with van der Waals surface area (Å²) < 4.78 is 1.21. The zero-order valence-corrected chi connectivity index (χ0v) is 8.46. The first kappa shape index (κ1) is 8.96.